The van der Waals surface area contributed by atoms with Crippen molar-refractivity contribution in [3.63, 3.8) is 0 Å². The van der Waals surface area contributed by atoms with E-state index in [0.717, 1.165) is 57.0 Å². The molecule has 0 spiro atoms. The summed E-state index contributed by atoms with van der Waals surface area (Å²) in [5.41, 5.74) is 1.50. The molecule has 0 amide bonds. The van der Waals surface area contributed by atoms with Crippen molar-refractivity contribution in [1.29, 1.82) is 5.26 Å². The molecule has 0 unspecified atom stereocenters. The van der Waals surface area contributed by atoms with Crippen LogP contribution in [0.2, 0.25) is 0 Å². The molecule has 0 aliphatic carbocycles. The van der Waals surface area contributed by atoms with Gasteiger partial charge in [-0.3, -0.25) is 0 Å². The average Bonchev–Trinajstić information content (AvgIpc) is 2.47. The van der Waals surface area contributed by atoms with Gasteiger partial charge < -0.3 is 15.4 Å². The molecule has 0 atom stereocenters. The minimum absolute atomic E-state index is 0.415. The number of nitriles is 1. The van der Waals surface area contributed by atoms with Crippen molar-refractivity contribution in [2.75, 3.05) is 31.6 Å². The maximum absolute atomic E-state index is 8.91. The second-order valence-electron chi connectivity index (χ2n) is 5.09. The highest BCUT2D eigenvalue weighted by molar-refractivity contribution is 5.44. The predicted molar refractivity (Wildman–Crippen MR) is 78.6 cm³/mol. The minimum Gasteiger partial charge on any atom is -0.378 e. The first-order chi connectivity index (χ1) is 9.78. The number of hydrogen-bond acceptors (Lipinski definition) is 5. The number of rotatable bonds is 6. The smallest absolute Gasteiger partial charge is 0.127 e. The van der Waals surface area contributed by atoms with Crippen LogP contribution in [0.3, 0.4) is 0 Å². The number of hydrogen-bond donors (Lipinski definition) is 2. The molecule has 1 aromatic heterocycles. The van der Waals surface area contributed by atoms with Crippen molar-refractivity contribution < 1.29 is 4.74 Å². The van der Waals surface area contributed by atoms with Crippen molar-refractivity contribution in [3.05, 3.63) is 23.4 Å². The molecule has 1 fully saturated rings. The van der Waals surface area contributed by atoms with Crippen LogP contribution in [-0.2, 0) is 4.74 Å². The molecule has 1 aliphatic heterocycles. The maximum atomic E-state index is 8.91. The van der Waals surface area contributed by atoms with Crippen LogP contribution < -0.4 is 10.6 Å². The molecule has 2 heterocycles. The van der Waals surface area contributed by atoms with E-state index >= 15 is 0 Å². The fourth-order valence-corrected chi connectivity index (χ4v) is 2.32. The van der Waals surface area contributed by atoms with Crippen LogP contribution in [0.25, 0.3) is 0 Å². The Morgan fingerprint density at radius 2 is 2.25 bits per heavy atom. The Kier molecular flexibility index (Phi) is 5.78. The second kappa shape index (κ2) is 7.83. The highest BCUT2D eigenvalue weighted by atomic mass is 16.5. The lowest BCUT2D eigenvalue weighted by Gasteiger charge is -2.22. The summed E-state index contributed by atoms with van der Waals surface area (Å²) in [6.45, 7) is 5.60. The molecule has 0 bridgehead atoms. The Morgan fingerprint density at radius 1 is 1.45 bits per heavy atom. The number of ether oxygens (including phenoxy) is 1. The van der Waals surface area contributed by atoms with Crippen LogP contribution in [0.4, 0.5) is 5.82 Å². The SMILES string of the molecule is Cc1cc(C#N)cc(NCCCOC2CCNCC2)n1. The molecule has 5 nitrogen and oxygen atoms in total. The van der Waals surface area contributed by atoms with Gasteiger partial charge in [-0.2, -0.15) is 5.26 Å². The number of piperidine rings is 1. The van der Waals surface area contributed by atoms with Gasteiger partial charge in [-0.05, 0) is 51.4 Å². The molecule has 0 saturated carbocycles. The first-order valence-corrected chi connectivity index (χ1v) is 7.23. The van der Waals surface area contributed by atoms with Crippen LogP contribution in [-0.4, -0.2) is 37.3 Å². The van der Waals surface area contributed by atoms with Crippen molar-refractivity contribution in [2.24, 2.45) is 0 Å². The van der Waals surface area contributed by atoms with E-state index in [1.807, 2.05) is 6.92 Å². The fourth-order valence-electron chi connectivity index (χ4n) is 2.32. The number of nitrogens with one attached hydrogen (secondary N) is 2. The third-order valence-corrected chi connectivity index (χ3v) is 3.35. The van der Waals surface area contributed by atoms with Crippen LogP contribution in [0.5, 0.6) is 0 Å². The van der Waals surface area contributed by atoms with Gasteiger partial charge in [0.25, 0.3) is 0 Å². The van der Waals surface area contributed by atoms with Crippen LogP contribution in [0.15, 0.2) is 12.1 Å². The number of aromatic nitrogens is 1. The summed E-state index contributed by atoms with van der Waals surface area (Å²) in [4.78, 5) is 4.36. The number of anilines is 1. The van der Waals surface area contributed by atoms with Crippen molar-refractivity contribution in [1.82, 2.24) is 10.3 Å². The molecule has 1 aromatic rings. The highest BCUT2D eigenvalue weighted by Gasteiger charge is 2.12. The summed E-state index contributed by atoms with van der Waals surface area (Å²) in [5, 5.41) is 15.5. The van der Waals surface area contributed by atoms with Crippen LogP contribution in [0.1, 0.15) is 30.5 Å². The van der Waals surface area contributed by atoms with Crippen LogP contribution in [0, 0.1) is 18.3 Å². The zero-order valence-corrected chi connectivity index (χ0v) is 12.0. The Bertz CT molecular complexity index is 463. The largest absolute Gasteiger partial charge is 0.378 e. The lowest BCUT2D eigenvalue weighted by Crippen LogP contribution is -2.32. The third kappa shape index (κ3) is 4.80. The Labute approximate surface area is 120 Å². The van der Waals surface area contributed by atoms with Gasteiger partial charge in [0.05, 0.1) is 17.7 Å². The minimum atomic E-state index is 0.415. The molecule has 2 rings (SSSR count). The first-order valence-electron chi connectivity index (χ1n) is 7.23. The lowest BCUT2D eigenvalue weighted by atomic mass is 10.1. The summed E-state index contributed by atoms with van der Waals surface area (Å²) < 4.78 is 5.84. The van der Waals surface area contributed by atoms with Gasteiger partial charge in [0.2, 0.25) is 0 Å². The zero-order valence-electron chi connectivity index (χ0n) is 12.0. The molecule has 0 radical (unpaired) electrons. The maximum Gasteiger partial charge on any atom is 0.127 e. The molecule has 1 saturated heterocycles. The van der Waals surface area contributed by atoms with Gasteiger partial charge in [0.15, 0.2) is 0 Å². The van der Waals surface area contributed by atoms with Gasteiger partial charge in [0.1, 0.15) is 5.82 Å². The second-order valence-corrected chi connectivity index (χ2v) is 5.09. The van der Waals surface area contributed by atoms with E-state index in [-0.39, 0.29) is 0 Å². The van der Waals surface area contributed by atoms with Crippen molar-refractivity contribution in [3.8, 4) is 6.07 Å². The summed E-state index contributed by atoms with van der Waals surface area (Å²) >= 11 is 0. The predicted octanol–water partition coefficient (Wildman–Crippen LogP) is 1.83. The summed E-state index contributed by atoms with van der Waals surface area (Å²) in [6.07, 6.45) is 3.58. The van der Waals surface area contributed by atoms with Crippen molar-refractivity contribution >= 4 is 5.82 Å². The van der Waals surface area contributed by atoms with E-state index in [4.69, 9.17) is 10.00 Å². The van der Waals surface area contributed by atoms with Gasteiger partial charge in [-0.15, -0.1) is 0 Å². The van der Waals surface area contributed by atoms with Gasteiger partial charge in [-0.1, -0.05) is 0 Å². The Balaban J connectivity index is 1.65. The third-order valence-electron chi connectivity index (χ3n) is 3.35. The summed E-state index contributed by atoms with van der Waals surface area (Å²) in [5.74, 6) is 0.767. The van der Waals surface area contributed by atoms with Gasteiger partial charge in [0, 0.05) is 18.8 Å². The standard InChI is InChI=1S/C15H22N4O/c1-12-9-13(11-16)10-15(19-12)18-5-2-8-20-14-3-6-17-7-4-14/h9-10,14,17H,2-8H2,1H3,(H,18,19). The number of aryl methyl sites for hydroxylation is 1. The molecule has 1 aliphatic rings. The van der Waals surface area contributed by atoms with E-state index in [2.05, 4.69) is 21.7 Å². The van der Waals surface area contributed by atoms with E-state index < -0.39 is 0 Å². The van der Waals surface area contributed by atoms with Crippen LogP contribution >= 0.6 is 0 Å². The van der Waals surface area contributed by atoms with Gasteiger partial charge in [-0.25, -0.2) is 4.98 Å². The monoisotopic (exact) mass is 274 g/mol. The average molecular weight is 274 g/mol. The summed E-state index contributed by atoms with van der Waals surface area (Å²) in [7, 11) is 0. The quantitative estimate of drug-likeness (QED) is 0.775. The number of pyridine rings is 1. The first kappa shape index (κ1) is 14.8. The van der Waals surface area contributed by atoms with E-state index in [1.54, 1.807) is 12.1 Å². The summed E-state index contributed by atoms with van der Waals surface area (Å²) in [6, 6.07) is 5.70. The zero-order chi connectivity index (χ0) is 14.2. The topological polar surface area (TPSA) is 70.0 Å². The molecular formula is C15H22N4O. The number of nitrogens with zero attached hydrogens (tertiary/aromatic N) is 2. The molecule has 20 heavy (non-hydrogen) atoms. The highest BCUT2D eigenvalue weighted by Crippen LogP contribution is 2.10. The van der Waals surface area contributed by atoms with E-state index in [0.29, 0.717) is 11.7 Å². The van der Waals surface area contributed by atoms with E-state index in [9.17, 15) is 0 Å². The lowest BCUT2D eigenvalue weighted by molar-refractivity contribution is 0.0329. The van der Waals surface area contributed by atoms with Crippen molar-refractivity contribution in [2.45, 2.75) is 32.3 Å². The molecule has 0 aromatic carbocycles. The molecule has 5 heteroatoms. The Morgan fingerprint density at radius 3 is 3.00 bits per heavy atom. The molecule has 2 N–H and O–H groups in total. The fraction of sp³-hybridized carbons (Fsp3) is 0.600. The molecule has 108 valence electrons. The normalized spacial score (nSPS) is 15.8. The Hall–Kier alpha value is -1.64. The van der Waals surface area contributed by atoms with Gasteiger partial charge >= 0.3 is 0 Å². The van der Waals surface area contributed by atoms with E-state index in [1.165, 1.54) is 0 Å². The molecular weight excluding hydrogens is 252 g/mol.